The van der Waals surface area contributed by atoms with E-state index in [2.05, 4.69) is 17.0 Å². The lowest BCUT2D eigenvalue weighted by Crippen LogP contribution is -2.52. The van der Waals surface area contributed by atoms with Crippen molar-refractivity contribution < 1.29 is 27.4 Å². The molecule has 1 aliphatic heterocycles. The first-order valence-corrected chi connectivity index (χ1v) is 12.2. The molecule has 0 radical (unpaired) electrons. The molecular weight excluding hydrogens is 473 g/mol. The number of carbonyl (C=O) groups is 1. The molecule has 192 valence electrons. The lowest BCUT2D eigenvalue weighted by molar-refractivity contribution is -0.142. The first-order chi connectivity index (χ1) is 17.2. The average Bonchev–Trinajstić information content (AvgIpc) is 3.31. The van der Waals surface area contributed by atoms with Crippen LogP contribution in [0.5, 0.6) is 11.5 Å². The van der Waals surface area contributed by atoms with Crippen molar-refractivity contribution in [2.45, 2.75) is 51.2 Å². The predicted octanol–water partition coefficient (Wildman–Crippen LogP) is 5.47. The number of nitrogens with zero attached hydrogens (tertiary/aromatic N) is 4. The van der Waals surface area contributed by atoms with Gasteiger partial charge in [-0.3, -0.25) is 4.79 Å². The van der Waals surface area contributed by atoms with Crippen LogP contribution in [0.2, 0.25) is 0 Å². The number of piperidine rings is 1. The maximum absolute atomic E-state index is 14.1. The van der Waals surface area contributed by atoms with Crippen molar-refractivity contribution in [3.63, 3.8) is 0 Å². The van der Waals surface area contributed by atoms with Crippen LogP contribution >= 0.6 is 0 Å². The summed E-state index contributed by atoms with van der Waals surface area (Å²) in [5.41, 5.74) is -0.544. The van der Waals surface area contributed by atoms with Crippen molar-refractivity contribution in [3.8, 4) is 22.8 Å². The van der Waals surface area contributed by atoms with Gasteiger partial charge in [0.25, 0.3) is 5.91 Å². The molecule has 1 amide bonds. The Hall–Kier alpha value is -3.30. The Kier molecular flexibility index (Phi) is 6.30. The second-order valence-electron chi connectivity index (χ2n) is 9.67. The van der Waals surface area contributed by atoms with E-state index in [1.54, 1.807) is 18.2 Å². The lowest BCUT2D eigenvalue weighted by atomic mass is 9.72. The number of aromatic nitrogens is 3. The van der Waals surface area contributed by atoms with E-state index in [9.17, 15) is 18.0 Å². The van der Waals surface area contributed by atoms with E-state index < -0.39 is 11.9 Å². The molecule has 0 unspecified atom stereocenters. The van der Waals surface area contributed by atoms with E-state index in [0.717, 1.165) is 42.7 Å². The molecule has 0 spiro atoms. The minimum atomic E-state index is -4.70. The van der Waals surface area contributed by atoms with Crippen molar-refractivity contribution in [2.24, 2.45) is 11.8 Å². The Morgan fingerprint density at radius 3 is 2.50 bits per heavy atom. The number of rotatable bonds is 4. The Bertz CT molecular complexity index is 1290. The number of benzene rings is 1. The Morgan fingerprint density at radius 2 is 1.78 bits per heavy atom. The summed E-state index contributed by atoms with van der Waals surface area (Å²) in [4.78, 5) is 19.8. The van der Waals surface area contributed by atoms with Gasteiger partial charge in [0.05, 0.1) is 19.9 Å². The van der Waals surface area contributed by atoms with Crippen LogP contribution in [0.1, 0.15) is 55.2 Å². The molecule has 2 aromatic heterocycles. The molecule has 5 rings (SSSR count). The first-order valence-electron chi connectivity index (χ1n) is 12.2. The van der Waals surface area contributed by atoms with E-state index in [0.29, 0.717) is 35.4 Å². The van der Waals surface area contributed by atoms with Gasteiger partial charge in [0.15, 0.2) is 28.5 Å². The van der Waals surface area contributed by atoms with E-state index in [-0.39, 0.29) is 29.0 Å². The number of amides is 1. The normalized spacial score (nSPS) is 22.4. The van der Waals surface area contributed by atoms with Crippen LogP contribution in [0, 0.1) is 11.8 Å². The van der Waals surface area contributed by atoms with Gasteiger partial charge in [-0.05, 0) is 55.4 Å². The number of ether oxygens (including phenoxy) is 2. The molecule has 7 nitrogen and oxygen atoms in total. The fourth-order valence-electron chi connectivity index (χ4n) is 5.74. The van der Waals surface area contributed by atoms with Gasteiger partial charge in [-0.2, -0.15) is 18.3 Å². The third-order valence-corrected chi connectivity index (χ3v) is 7.62. The maximum Gasteiger partial charge on any atom is 0.433 e. The third-order valence-electron chi connectivity index (χ3n) is 7.62. The number of likely N-dealkylation sites (tertiary alicyclic amines) is 1. The molecule has 36 heavy (non-hydrogen) atoms. The molecule has 3 atom stereocenters. The summed E-state index contributed by atoms with van der Waals surface area (Å²) < 4.78 is 53.5. The first kappa shape index (κ1) is 24.4. The van der Waals surface area contributed by atoms with Crippen LogP contribution in [0.25, 0.3) is 16.9 Å². The summed E-state index contributed by atoms with van der Waals surface area (Å²) in [5, 5.41) is 4.11. The summed E-state index contributed by atoms with van der Waals surface area (Å²) in [7, 11) is 2.93. The zero-order chi connectivity index (χ0) is 25.6. The standard InChI is InChI=1S/C26H29F3N4O3/c1-15-10-11-32(20-7-5-4-6-17(15)20)25(34)19-14-24-30-18(13-23(26(27,28)29)33(24)31-19)16-8-9-21(35-2)22(12-16)36-3/h8-9,12-15,17,20H,4-7,10-11H2,1-3H3/t15-,17+,20+/m0/s1. The maximum atomic E-state index is 14.1. The predicted molar refractivity (Wildman–Crippen MR) is 127 cm³/mol. The van der Waals surface area contributed by atoms with Gasteiger partial charge in [-0.25, -0.2) is 9.50 Å². The Morgan fingerprint density at radius 1 is 1.03 bits per heavy atom. The van der Waals surface area contributed by atoms with Crippen molar-refractivity contribution >= 4 is 11.6 Å². The molecule has 1 saturated heterocycles. The number of hydrogen-bond donors (Lipinski definition) is 0. The summed E-state index contributed by atoms with van der Waals surface area (Å²) in [5.74, 6) is 1.45. The van der Waals surface area contributed by atoms with E-state index in [1.807, 2.05) is 4.90 Å². The Balaban J connectivity index is 1.56. The molecule has 3 heterocycles. The van der Waals surface area contributed by atoms with Crippen LogP contribution in [-0.2, 0) is 6.18 Å². The summed E-state index contributed by atoms with van der Waals surface area (Å²) in [6.07, 6.45) is 0.388. The zero-order valence-electron chi connectivity index (χ0n) is 20.5. The molecule has 1 saturated carbocycles. The molecule has 3 aromatic rings. The van der Waals surface area contributed by atoms with E-state index in [1.165, 1.54) is 20.3 Å². The van der Waals surface area contributed by atoms with Crippen LogP contribution < -0.4 is 9.47 Å². The molecule has 0 N–H and O–H groups in total. The average molecular weight is 503 g/mol. The number of alkyl halides is 3. The fraction of sp³-hybridized carbons (Fsp3) is 0.500. The quantitative estimate of drug-likeness (QED) is 0.473. The van der Waals surface area contributed by atoms with Crippen molar-refractivity contribution in [2.75, 3.05) is 20.8 Å². The lowest BCUT2D eigenvalue weighted by Gasteiger charge is -2.47. The molecular formula is C26H29F3N4O3. The monoisotopic (exact) mass is 502 g/mol. The highest BCUT2D eigenvalue weighted by Gasteiger charge is 2.41. The Labute approximate surface area is 207 Å². The van der Waals surface area contributed by atoms with Gasteiger partial charge in [-0.1, -0.05) is 19.8 Å². The molecule has 1 aromatic carbocycles. The SMILES string of the molecule is COc1ccc(-c2cc(C(F)(F)F)n3nc(C(=O)N4CC[C@H](C)[C@H]5CCCC[C@H]54)cc3n2)cc1OC. The molecule has 10 heteroatoms. The van der Waals surface area contributed by atoms with Gasteiger partial charge in [-0.15, -0.1) is 0 Å². The molecule has 1 aliphatic carbocycles. The highest BCUT2D eigenvalue weighted by atomic mass is 19.4. The zero-order valence-corrected chi connectivity index (χ0v) is 20.5. The molecule has 2 fully saturated rings. The summed E-state index contributed by atoms with van der Waals surface area (Å²) >= 11 is 0. The van der Waals surface area contributed by atoms with Crippen LogP contribution in [0.15, 0.2) is 30.3 Å². The highest BCUT2D eigenvalue weighted by Crippen LogP contribution is 2.40. The topological polar surface area (TPSA) is 69.0 Å². The smallest absolute Gasteiger partial charge is 0.433 e. The number of halogens is 3. The van der Waals surface area contributed by atoms with Crippen LogP contribution in [0.4, 0.5) is 13.2 Å². The van der Waals surface area contributed by atoms with Gasteiger partial charge >= 0.3 is 6.18 Å². The molecule has 0 bridgehead atoms. The van der Waals surface area contributed by atoms with Gasteiger partial charge in [0, 0.05) is 24.2 Å². The molecule has 2 aliphatic rings. The second kappa shape index (κ2) is 9.29. The van der Waals surface area contributed by atoms with E-state index in [4.69, 9.17) is 9.47 Å². The second-order valence-corrected chi connectivity index (χ2v) is 9.67. The number of methoxy groups -OCH3 is 2. The summed E-state index contributed by atoms with van der Waals surface area (Å²) in [6.45, 7) is 2.82. The fourth-order valence-corrected chi connectivity index (χ4v) is 5.74. The minimum absolute atomic E-state index is 0.0173. The number of fused-ring (bicyclic) bond motifs is 2. The minimum Gasteiger partial charge on any atom is -0.493 e. The van der Waals surface area contributed by atoms with Crippen molar-refractivity contribution in [1.29, 1.82) is 0 Å². The van der Waals surface area contributed by atoms with Crippen molar-refractivity contribution in [3.05, 3.63) is 41.7 Å². The van der Waals surface area contributed by atoms with Crippen molar-refractivity contribution in [1.82, 2.24) is 19.5 Å². The highest BCUT2D eigenvalue weighted by molar-refractivity contribution is 5.93. The largest absolute Gasteiger partial charge is 0.493 e. The summed E-state index contributed by atoms with van der Waals surface area (Å²) in [6, 6.07) is 7.19. The number of carbonyl (C=O) groups excluding carboxylic acids is 1. The third kappa shape index (κ3) is 4.26. The van der Waals surface area contributed by atoms with E-state index >= 15 is 0 Å². The van der Waals surface area contributed by atoms with Crippen LogP contribution in [-0.4, -0.2) is 52.2 Å². The van der Waals surface area contributed by atoms with Gasteiger partial charge < -0.3 is 14.4 Å². The van der Waals surface area contributed by atoms with Gasteiger partial charge in [0.2, 0.25) is 0 Å². The van der Waals surface area contributed by atoms with Crippen LogP contribution in [0.3, 0.4) is 0 Å². The van der Waals surface area contributed by atoms with Gasteiger partial charge in [0.1, 0.15) is 0 Å². The number of hydrogen-bond acceptors (Lipinski definition) is 5.